The molecular weight excluding hydrogens is 346 g/mol. The number of nitrogens with one attached hydrogen (secondary N) is 2. The molecule has 6 nitrogen and oxygen atoms in total. The molecule has 1 heterocycles. The molecule has 2 N–H and O–H groups in total. The van der Waals surface area contributed by atoms with Crippen molar-refractivity contribution in [2.75, 3.05) is 10.0 Å². The molecule has 1 amide bonds. The van der Waals surface area contributed by atoms with Gasteiger partial charge in [-0.25, -0.2) is 13.4 Å². The summed E-state index contributed by atoms with van der Waals surface area (Å²) in [7, 11) is -3.65. The van der Waals surface area contributed by atoms with Crippen LogP contribution < -0.4 is 10.0 Å². The molecule has 3 aromatic rings. The molecule has 0 spiro atoms. The van der Waals surface area contributed by atoms with E-state index in [1.807, 2.05) is 6.92 Å². The van der Waals surface area contributed by atoms with Gasteiger partial charge in [-0.05, 0) is 37.3 Å². The largest absolute Gasteiger partial charge is 0.302 e. The Balaban J connectivity index is 1.89. The Hall–Kier alpha value is -2.45. The number of fused-ring (bicyclic) bond motifs is 1. The molecule has 8 heteroatoms. The van der Waals surface area contributed by atoms with Crippen molar-refractivity contribution >= 4 is 48.3 Å². The number of aryl methyl sites for hydroxylation is 1. The maximum atomic E-state index is 12.4. The van der Waals surface area contributed by atoms with Gasteiger partial charge in [-0.15, -0.1) is 0 Å². The highest BCUT2D eigenvalue weighted by molar-refractivity contribution is 7.92. The average Bonchev–Trinajstić information content (AvgIpc) is 2.87. The number of rotatable bonds is 4. The van der Waals surface area contributed by atoms with E-state index in [0.717, 1.165) is 10.3 Å². The van der Waals surface area contributed by atoms with Crippen LogP contribution in [-0.2, 0) is 14.8 Å². The number of hydrogen-bond acceptors (Lipinski definition) is 5. The summed E-state index contributed by atoms with van der Waals surface area (Å²) in [5.74, 6) is -0.200. The molecule has 24 heavy (non-hydrogen) atoms. The zero-order chi connectivity index (χ0) is 17.3. The number of sulfonamides is 1. The minimum absolute atomic E-state index is 0.200. The molecular formula is C16H15N3O3S2. The summed E-state index contributed by atoms with van der Waals surface area (Å²) in [6, 6.07) is 11.7. The van der Waals surface area contributed by atoms with Gasteiger partial charge in [-0.2, -0.15) is 0 Å². The smallest absolute Gasteiger partial charge is 0.261 e. The first-order chi connectivity index (χ1) is 11.3. The number of hydrogen-bond donors (Lipinski definition) is 2. The van der Waals surface area contributed by atoms with Crippen LogP contribution in [0.5, 0.6) is 0 Å². The predicted octanol–water partition coefficient (Wildman–Crippen LogP) is 3.36. The molecule has 0 aliphatic carbocycles. The Kier molecular flexibility index (Phi) is 4.25. The van der Waals surface area contributed by atoms with Crippen LogP contribution >= 0.6 is 11.3 Å². The summed E-state index contributed by atoms with van der Waals surface area (Å²) >= 11 is 1.29. The van der Waals surface area contributed by atoms with Crippen LogP contribution in [0.15, 0.2) is 47.4 Å². The van der Waals surface area contributed by atoms with Crippen LogP contribution in [0.2, 0.25) is 0 Å². The molecule has 0 saturated carbocycles. The molecule has 0 saturated heterocycles. The van der Waals surface area contributed by atoms with Gasteiger partial charge in [0.15, 0.2) is 5.13 Å². The van der Waals surface area contributed by atoms with Crippen LogP contribution in [0.3, 0.4) is 0 Å². The standard InChI is InChI=1S/C16H15N3O3S2/c1-10-3-6-13(7-4-10)24(21,22)19-12-5-8-14-15(9-12)23-16(18-14)17-11(2)20/h3-9,19H,1-2H3,(H,17,18,20). The lowest BCUT2D eigenvalue weighted by Crippen LogP contribution is -2.12. The SMILES string of the molecule is CC(=O)Nc1nc2ccc(NS(=O)(=O)c3ccc(C)cc3)cc2s1. The van der Waals surface area contributed by atoms with E-state index in [-0.39, 0.29) is 10.8 Å². The zero-order valence-electron chi connectivity index (χ0n) is 13.0. The first-order valence-corrected chi connectivity index (χ1v) is 9.41. The molecule has 0 unspecified atom stereocenters. The summed E-state index contributed by atoms with van der Waals surface area (Å²) in [4.78, 5) is 15.6. The number of carbonyl (C=O) groups is 1. The number of thiazole rings is 1. The van der Waals surface area contributed by atoms with Crippen molar-refractivity contribution in [3.8, 4) is 0 Å². The Morgan fingerprint density at radius 2 is 1.83 bits per heavy atom. The Bertz CT molecular complexity index is 1010. The van der Waals surface area contributed by atoms with Gasteiger partial charge in [0, 0.05) is 6.92 Å². The monoisotopic (exact) mass is 361 g/mol. The van der Waals surface area contributed by atoms with Crippen molar-refractivity contribution in [1.29, 1.82) is 0 Å². The maximum absolute atomic E-state index is 12.4. The number of carbonyl (C=O) groups excluding carboxylic acids is 1. The highest BCUT2D eigenvalue weighted by Gasteiger charge is 2.14. The second kappa shape index (κ2) is 6.21. The lowest BCUT2D eigenvalue weighted by Gasteiger charge is -2.08. The summed E-state index contributed by atoms with van der Waals surface area (Å²) in [5, 5.41) is 3.11. The minimum Gasteiger partial charge on any atom is -0.302 e. The lowest BCUT2D eigenvalue weighted by molar-refractivity contribution is -0.114. The first kappa shape index (κ1) is 16.4. The Morgan fingerprint density at radius 3 is 2.50 bits per heavy atom. The van der Waals surface area contributed by atoms with Gasteiger partial charge in [0.2, 0.25) is 5.91 Å². The van der Waals surface area contributed by atoms with E-state index in [1.54, 1.807) is 42.5 Å². The van der Waals surface area contributed by atoms with E-state index >= 15 is 0 Å². The molecule has 124 valence electrons. The van der Waals surface area contributed by atoms with E-state index in [4.69, 9.17) is 0 Å². The van der Waals surface area contributed by atoms with Gasteiger partial charge >= 0.3 is 0 Å². The van der Waals surface area contributed by atoms with Gasteiger partial charge in [-0.3, -0.25) is 9.52 Å². The highest BCUT2D eigenvalue weighted by atomic mass is 32.2. The Morgan fingerprint density at radius 1 is 1.12 bits per heavy atom. The van der Waals surface area contributed by atoms with Crippen LogP contribution in [0.1, 0.15) is 12.5 Å². The highest BCUT2D eigenvalue weighted by Crippen LogP contribution is 2.29. The quantitative estimate of drug-likeness (QED) is 0.746. The molecule has 0 fully saturated rings. The molecule has 2 aromatic carbocycles. The summed E-state index contributed by atoms with van der Waals surface area (Å²) < 4.78 is 28.2. The van der Waals surface area contributed by atoms with Gasteiger partial charge < -0.3 is 5.32 Å². The third kappa shape index (κ3) is 3.55. The molecule has 0 aliphatic heterocycles. The second-order valence-corrected chi connectivity index (χ2v) is 8.01. The summed E-state index contributed by atoms with van der Waals surface area (Å²) in [5.41, 5.74) is 2.13. The summed E-state index contributed by atoms with van der Waals surface area (Å²) in [6.07, 6.45) is 0. The predicted molar refractivity (Wildman–Crippen MR) is 95.9 cm³/mol. The van der Waals surface area contributed by atoms with Crippen molar-refractivity contribution in [3.63, 3.8) is 0 Å². The fraction of sp³-hybridized carbons (Fsp3) is 0.125. The minimum atomic E-state index is -3.65. The van der Waals surface area contributed by atoms with Gasteiger partial charge in [0.1, 0.15) is 0 Å². The van der Waals surface area contributed by atoms with E-state index in [9.17, 15) is 13.2 Å². The third-order valence-electron chi connectivity index (χ3n) is 3.25. The van der Waals surface area contributed by atoms with E-state index in [2.05, 4.69) is 15.0 Å². The number of anilines is 2. The van der Waals surface area contributed by atoms with Crippen LogP contribution in [0.25, 0.3) is 10.2 Å². The third-order valence-corrected chi connectivity index (χ3v) is 5.59. The average molecular weight is 361 g/mol. The summed E-state index contributed by atoms with van der Waals surface area (Å²) in [6.45, 7) is 3.31. The number of nitrogens with zero attached hydrogens (tertiary/aromatic N) is 1. The number of amides is 1. The lowest BCUT2D eigenvalue weighted by atomic mass is 10.2. The maximum Gasteiger partial charge on any atom is 0.261 e. The van der Waals surface area contributed by atoms with Crippen molar-refractivity contribution in [2.24, 2.45) is 0 Å². The Labute approximate surface area is 143 Å². The van der Waals surface area contributed by atoms with Gasteiger partial charge in [0.25, 0.3) is 10.0 Å². The van der Waals surface area contributed by atoms with Crippen LogP contribution in [-0.4, -0.2) is 19.3 Å². The molecule has 0 aliphatic rings. The topological polar surface area (TPSA) is 88.2 Å². The molecule has 1 aromatic heterocycles. The number of aromatic nitrogens is 1. The van der Waals surface area contributed by atoms with Crippen LogP contribution in [0.4, 0.5) is 10.8 Å². The normalized spacial score (nSPS) is 11.4. The fourth-order valence-electron chi connectivity index (χ4n) is 2.12. The molecule has 0 bridgehead atoms. The van der Waals surface area contributed by atoms with Crippen molar-refractivity contribution in [3.05, 3.63) is 48.0 Å². The number of benzene rings is 2. The molecule has 0 radical (unpaired) electrons. The first-order valence-electron chi connectivity index (χ1n) is 7.11. The van der Waals surface area contributed by atoms with Crippen molar-refractivity contribution in [2.45, 2.75) is 18.7 Å². The van der Waals surface area contributed by atoms with E-state index < -0.39 is 10.0 Å². The fourth-order valence-corrected chi connectivity index (χ4v) is 4.12. The molecule has 3 rings (SSSR count). The van der Waals surface area contributed by atoms with Crippen molar-refractivity contribution in [1.82, 2.24) is 4.98 Å². The molecule has 0 atom stereocenters. The zero-order valence-corrected chi connectivity index (χ0v) is 14.7. The van der Waals surface area contributed by atoms with Gasteiger partial charge in [0.05, 0.1) is 20.8 Å². The second-order valence-electron chi connectivity index (χ2n) is 5.30. The van der Waals surface area contributed by atoms with E-state index in [1.165, 1.54) is 18.3 Å². The van der Waals surface area contributed by atoms with Gasteiger partial charge in [-0.1, -0.05) is 29.0 Å². The van der Waals surface area contributed by atoms with Crippen LogP contribution in [0, 0.1) is 6.92 Å². The van der Waals surface area contributed by atoms with Crippen molar-refractivity contribution < 1.29 is 13.2 Å². The van der Waals surface area contributed by atoms with E-state index in [0.29, 0.717) is 16.3 Å².